The van der Waals surface area contributed by atoms with E-state index < -0.39 is 9.84 Å². The molecule has 2 aromatic rings. The van der Waals surface area contributed by atoms with Gasteiger partial charge in [-0.3, -0.25) is 4.79 Å². The van der Waals surface area contributed by atoms with Gasteiger partial charge < -0.3 is 14.8 Å². The minimum Gasteiger partial charge on any atom is -0.493 e. The fraction of sp³-hybridized carbons (Fsp3) is 0.381. The molecular weight excluding hydrogens is 378 g/mol. The molecule has 0 spiro atoms. The van der Waals surface area contributed by atoms with Gasteiger partial charge in [0.2, 0.25) is 0 Å². The predicted molar refractivity (Wildman–Crippen MR) is 108 cm³/mol. The van der Waals surface area contributed by atoms with Crippen LogP contribution in [0.4, 0.5) is 5.69 Å². The third-order valence-electron chi connectivity index (χ3n) is 4.91. The van der Waals surface area contributed by atoms with Gasteiger partial charge in [-0.1, -0.05) is 12.8 Å². The zero-order valence-corrected chi connectivity index (χ0v) is 16.9. The molecule has 1 amide bonds. The molecule has 0 radical (unpaired) electrons. The molecule has 1 aliphatic carbocycles. The van der Waals surface area contributed by atoms with Gasteiger partial charge in [0.05, 0.1) is 23.9 Å². The van der Waals surface area contributed by atoms with Crippen LogP contribution in [0.3, 0.4) is 0 Å². The van der Waals surface area contributed by atoms with Gasteiger partial charge in [-0.25, -0.2) is 8.42 Å². The molecule has 0 atom stereocenters. The summed E-state index contributed by atoms with van der Waals surface area (Å²) in [6.07, 6.45) is 3.37. The van der Waals surface area contributed by atoms with Crippen LogP contribution in [-0.2, 0) is 9.84 Å². The van der Waals surface area contributed by atoms with Crippen molar-refractivity contribution in [2.24, 2.45) is 0 Å². The van der Waals surface area contributed by atoms with Crippen LogP contribution in [0.25, 0.3) is 0 Å². The van der Waals surface area contributed by atoms with Crippen LogP contribution in [0, 0.1) is 0 Å². The maximum Gasteiger partial charge on any atom is 0.255 e. The Labute approximate surface area is 165 Å². The highest BCUT2D eigenvalue weighted by molar-refractivity contribution is 7.92. The predicted octanol–water partition coefficient (Wildman–Crippen LogP) is 4.06. The highest BCUT2D eigenvalue weighted by atomic mass is 32.2. The van der Waals surface area contributed by atoms with E-state index >= 15 is 0 Å². The Morgan fingerprint density at radius 1 is 1.07 bits per heavy atom. The van der Waals surface area contributed by atoms with E-state index in [9.17, 15) is 13.2 Å². The molecule has 0 heterocycles. The molecule has 0 aliphatic heterocycles. The Morgan fingerprint density at radius 2 is 1.75 bits per heavy atom. The molecule has 2 aromatic carbocycles. The van der Waals surface area contributed by atoms with Gasteiger partial charge in [0.25, 0.3) is 5.91 Å². The van der Waals surface area contributed by atoms with Gasteiger partial charge in [0, 0.05) is 11.3 Å². The molecule has 3 rings (SSSR count). The van der Waals surface area contributed by atoms with Crippen molar-refractivity contribution in [2.45, 2.75) is 42.8 Å². The minimum absolute atomic E-state index is 0.288. The minimum atomic E-state index is -3.30. The Hall–Kier alpha value is -2.54. The number of ether oxygens (including phenoxy) is 2. The average molecular weight is 404 g/mol. The number of carbonyl (C=O) groups excluding carboxylic acids is 1. The van der Waals surface area contributed by atoms with Gasteiger partial charge in [0.15, 0.2) is 21.3 Å². The summed E-state index contributed by atoms with van der Waals surface area (Å²) in [5, 5.41) is 2.49. The lowest BCUT2D eigenvalue weighted by Crippen LogP contribution is -2.18. The molecule has 1 aliphatic rings. The molecular formula is C21H25NO5S. The number of hydrogen-bond acceptors (Lipinski definition) is 5. The summed E-state index contributed by atoms with van der Waals surface area (Å²) < 4.78 is 36.0. The number of amides is 1. The lowest BCUT2D eigenvalue weighted by Gasteiger charge is -2.13. The van der Waals surface area contributed by atoms with Gasteiger partial charge in [-0.05, 0) is 62.2 Å². The van der Waals surface area contributed by atoms with Crippen LogP contribution in [0.5, 0.6) is 11.5 Å². The summed E-state index contributed by atoms with van der Waals surface area (Å²) >= 11 is 0. The maximum atomic E-state index is 12.6. The number of anilines is 1. The van der Waals surface area contributed by atoms with Crippen LogP contribution in [0.15, 0.2) is 47.4 Å². The first kappa shape index (κ1) is 20.2. The van der Waals surface area contributed by atoms with E-state index in [0.29, 0.717) is 34.3 Å². The van der Waals surface area contributed by atoms with Gasteiger partial charge in [-0.15, -0.1) is 0 Å². The first-order valence-electron chi connectivity index (χ1n) is 9.42. The lowest BCUT2D eigenvalue weighted by molar-refractivity contribution is 0.102. The second kappa shape index (κ2) is 8.65. The third-order valence-corrected chi connectivity index (χ3v) is 7.19. The normalized spacial score (nSPS) is 14.6. The molecule has 1 N–H and O–H groups in total. The van der Waals surface area contributed by atoms with Crippen LogP contribution in [0.2, 0.25) is 0 Å². The number of hydrogen-bond donors (Lipinski definition) is 1. The highest BCUT2D eigenvalue weighted by Crippen LogP contribution is 2.31. The molecule has 150 valence electrons. The van der Waals surface area contributed by atoms with Gasteiger partial charge >= 0.3 is 0 Å². The van der Waals surface area contributed by atoms with E-state index in [1.54, 1.807) is 42.5 Å². The number of nitrogens with one attached hydrogen (secondary N) is 1. The van der Waals surface area contributed by atoms with Crippen molar-refractivity contribution >= 4 is 21.4 Å². The molecule has 0 saturated heterocycles. The SMILES string of the molecule is CCOc1ccc(C(=O)Nc2ccc(S(=O)(=O)C3CCCC3)cc2)cc1OC. The van der Waals surface area contributed by atoms with Crippen molar-refractivity contribution in [3.05, 3.63) is 48.0 Å². The van der Waals surface area contributed by atoms with Crippen molar-refractivity contribution in [1.29, 1.82) is 0 Å². The maximum absolute atomic E-state index is 12.6. The van der Waals surface area contributed by atoms with Crippen molar-refractivity contribution in [3.8, 4) is 11.5 Å². The summed E-state index contributed by atoms with van der Waals surface area (Å²) in [5.41, 5.74) is 0.950. The molecule has 28 heavy (non-hydrogen) atoms. The van der Waals surface area contributed by atoms with Crippen molar-refractivity contribution in [1.82, 2.24) is 0 Å². The van der Waals surface area contributed by atoms with Crippen molar-refractivity contribution in [2.75, 3.05) is 19.0 Å². The van der Waals surface area contributed by atoms with Crippen LogP contribution >= 0.6 is 0 Å². The van der Waals surface area contributed by atoms with E-state index in [2.05, 4.69) is 5.32 Å². The van der Waals surface area contributed by atoms with E-state index in [0.717, 1.165) is 25.7 Å². The van der Waals surface area contributed by atoms with Gasteiger partial charge in [-0.2, -0.15) is 0 Å². The number of sulfone groups is 1. The van der Waals surface area contributed by atoms with Crippen LogP contribution in [0.1, 0.15) is 43.0 Å². The fourth-order valence-electron chi connectivity index (χ4n) is 3.41. The first-order valence-corrected chi connectivity index (χ1v) is 11.0. The van der Waals surface area contributed by atoms with Crippen molar-refractivity contribution in [3.63, 3.8) is 0 Å². The Balaban J connectivity index is 1.72. The molecule has 1 saturated carbocycles. The summed E-state index contributed by atoms with van der Waals surface area (Å²) in [4.78, 5) is 12.8. The first-order chi connectivity index (χ1) is 13.5. The topological polar surface area (TPSA) is 81.7 Å². The number of methoxy groups -OCH3 is 1. The standard InChI is InChI=1S/C21H25NO5S/c1-3-27-19-13-8-15(14-20(19)26-2)21(23)22-16-9-11-18(12-10-16)28(24,25)17-6-4-5-7-17/h8-14,17H,3-7H2,1-2H3,(H,22,23). The van der Waals surface area contributed by atoms with E-state index in [1.165, 1.54) is 7.11 Å². The molecule has 0 unspecified atom stereocenters. The fourth-order valence-corrected chi connectivity index (χ4v) is 5.26. The lowest BCUT2D eigenvalue weighted by atomic mass is 10.2. The van der Waals surface area contributed by atoms with E-state index in [4.69, 9.17) is 9.47 Å². The van der Waals surface area contributed by atoms with Crippen LogP contribution < -0.4 is 14.8 Å². The van der Waals surface area contributed by atoms with E-state index in [-0.39, 0.29) is 11.2 Å². The Morgan fingerprint density at radius 3 is 2.36 bits per heavy atom. The summed E-state index contributed by atoms with van der Waals surface area (Å²) in [7, 11) is -1.78. The Kier molecular flexibility index (Phi) is 6.24. The highest BCUT2D eigenvalue weighted by Gasteiger charge is 2.30. The largest absolute Gasteiger partial charge is 0.493 e. The zero-order valence-electron chi connectivity index (χ0n) is 16.1. The number of carbonyl (C=O) groups is 1. The molecule has 0 bridgehead atoms. The van der Waals surface area contributed by atoms with Crippen LogP contribution in [-0.4, -0.2) is 33.3 Å². The summed E-state index contributed by atoms with van der Waals surface area (Å²) in [5.74, 6) is 0.739. The van der Waals surface area contributed by atoms with E-state index in [1.807, 2.05) is 6.92 Å². The van der Waals surface area contributed by atoms with Gasteiger partial charge in [0.1, 0.15) is 0 Å². The second-order valence-corrected chi connectivity index (χ2v) is 8.96. The molecule has 0 aromatic heterocycles. The average Bonchev–Trinajstić information content (AvgIpc) is 3.24. The number of benzene rings is 2. The monoisotopic (exact) mass is 403 g/mol. The molecule has 1 fully saturated rings. The van der Waals surface area contributed by atoms with Crippen molar-refractivity contribution < 1.29 is 22.7 Å². The molecule has 6 nitrogen and oxygen atoms in total. The second-order valence-electron chi connectivity index (χ2n) is 6.73. The summed E-state index contributed by atoms with van der Waals surface area (Å²) in [6, 6.07) is 11.3. The third kappa shape index (κ3) is 4.30. The number of rotatable bonds is 7. The Bertz CT molecular complexity index is 932. The zero-order chi connectivity index (χ0) is 20.1. The quantitative estimate of drug-likeness (QED) is 0.754. The smallest absolute Gasteiger partial charge is 0.255 e. The molecule has 7 heteroatoms. The summed E-state index contributed by atoms with van der Waals surface area (Å²) in [6.45, 7) is 2.37.